The lowest BCUT2D eigenvalue weighted by molar-refractivity contribution is 0.738. The molecule has 2 N–H and O–H groups in total. The van der Waals surface area contributed by atoms with Crippen molar-refractivity contribution in [2.45, 2.75) is 26.3 Å². The van der Waals surface area contributed by atoms with Gasteiger partial charge in [-0.2, -0.15) is 5.10 Å². The monoisotopic (exact) mass is 215 g/mol. The van der Waals surface area contributed by atoms with Crippen LogP contribution in [0.2, 0.25) is 0 Å². The molecule has 1 atom stereocenters. The van der Waals surface area contributed by atoms with Gasteiger partial charge in [0.15, 0.2) is 0 Å². The van der Waals surface area contributed by atoms with Gasteiger partial charge in [0.05, 0.1) is 11.9 Å². The van der Waals surface area contributed by atoms with Gasteiger partial charge >= 0.3 is 0 Å². The fourth-order valence-electron chi connectivity index (χ4n) is 1.75. The molecule has 1 unspecified atom stereocenters. The van der Waals surface area contributed by atoms with Crippen molar-refractivity contribution in [2.75, 3.05) is 0 Å². The van der Waals surface area contributed by atoms with E-state index >= 15 is 0 Å². The van der Waals surface area contributed by atoms with E-state index in [-0.39, 0.29) is 6.04 Å². The van der Waals surface area contributed by atoms with Crippen LogP contribution in [0, 0.1) is 6.92 Å². The van der Waals surface area contributed by atoms with Gasteiger partial charge in [0.1, 0.15) is 0 Å². The topological polar surface area (TPSA) is 43.8 Å². The Labute approximate surface area is 95.9 Å². The van der Waals surface area contributed by atoms with Gasteiger partial charge in [-0.3, -0.25) is 0 Å². The van der Waals surface area contributed by atoms with Crippen molar-refractivity contribution in [1.82, 2.24) is 9.78 Å². The molecule has 0 saturated carbocycles. The van der Waals surface area contributed by atoms with E-state index in [1.165, 1.54) is 11.1 Å². The molecule has 2 aromatic rings. The molecule has 0 bridgehead atoms. The van der Waals surface area contributed by atoms with Gasteiger partial charge < -0.3 is 5.73 Å². The minimum Gasteiger partial charge on any atom is -0.328 e. The standard InChI is InChI=1S/C13H17N3/c1-10-4-3-5-13(6-10)16-9-12(8-15-16)7-11(2)14/h3-6,8-9,11H,7,14H2,1-2H3. The SMILES string of the molecule is Cc1cccc(-n2cc(CC(C)N)cn2)c1. The Morgan fingerprint density at radius 1 is 1.44 bits per heavy atom. The van der Waals surface area contributed by atoms with E-state index in [0.717, 1.165) is 12.1 Å². The number of hydrogen-bond donors (Lipinski definition) is 1. The Balaban J connectivity index is 2.24. The molecule has 0 radical (unpaired) electrons. The summed E-state index contributed by atoms with van der Waals surface area (Å²) in [6.07, 6.45) is 4.79. The second-order valence-electron chi connectivity index (χ2n) is 4.31. The molecular weight excluding hydrogens is 198 g/mol. The second-order valence-corrected chi connectivity index (χ2v) is 4.31. The summed E-state index contributed by atoms with van der Waals surface area (Å²) < 4.78 is 1.89. The Bertz CT molecular complexity index is 472. The highest BCUT2D eigenvalue weighted by Crippen LogP contribution is 2.11. The quantitative estimate of drug-likeness (QED) is 0.851. The number of nitrogens with zero attached hydrogens (tertiary/aromatic N) is 2. The molecule has 84 valence electrons. The van der Waals surface area contributed by atoms with Gasteiger partial charge in [-0.15, -0.1) is 0 Å². The van der Waals surface area contributed by atoms with E-state index in [2.05, 4.69) is 30.2 Å². The van der Waals surface area contributed by atoms with Crippen LogP contribution in [0.3, 0.4) is 0 Å². The fourth-order valence-corrected chi connectivity index (χ4v) is 1.75. The minimum atomic E-state index is 0.176. The Hall–Kier alpha value is -1.61. The van der Waals surface area contributed by atoms with Gasteiger partial charge in [0.2, 0.25) is 0 Å². The number of aromatic nitrogens is 2. The first kappa shape index (κ1) is 10.9. The van der Waals surface area contributed by atoms with E-state index in [9.17, 15) is 0 Å². The van der Waals surface area contributed by atoms with Crippen molar-refractivity contribution in [3.63, 3.8) is 0 Å². The van der Waals surface area contributed by atoms with Gasteiger partial charge in [-0.25, -0.2) is 4.68 Å². The number of hydrogen-bond acceptors (Lipinski definition) is 2. The minimum absolute atomic E-state index is 0.176. The van der Waals surface area contributed by atoms with Crippen LogP contribution in [0.25, 0.3) is 5.69 Å². The van der Waals surface area contributed by atoms with Crippen LogP contribution in [0.5, 0.6) is 0 Å². The highest BCUT2D eigenvalue weighted by molar-refractivity contribution is 5.35. The van der Waals surface area contributed by atoms with Gasteiger partial charge in [-0.05, 0) is 43.5 Å². The van der Waals surface area contributed by atoms with E-state index in [0.29, 0.717) is 0 Å². The molecule has 0 spiro atoms. The van der Waals surface area contributed by atoms with Crippen molar-refractivity contribution in [1.29, 1.82) is 0 Å². The molecule has 0 aliphatic rings. The Morgan fingerprint density at radius 3 is 2.94 bits per heavy atom. The molecule has 0 aliphatic carbocycles. The van der Waals surface area contributed by atoms with E-state index in [1.807, 2.05) is 30.1 Å². The third-order valence-electron chi connectivity index (χ3n) is 2.46. The maximum Gasteiger partial charge on any atom is 0.0648 e. The average Bonchev–Trinajstić information content (AvgIpc) is 2.65. The first-order valence-corrected chi connectivity index (χ1v) is 5.51. The van der Waals surface area contributed by atoms with Crippen molar-refractivity contribution >= 4 is 0 Å². The summed E-state index contributed by atoms with van der Waals surface area (Å²) in [5, 5.41) is 4.34. The summed E-state index contributed by atoms with van der Waals surface area (Å²) in [6.45, 7) is 4.08. The van der Waals surface area contributed by atoms with Gasteiger partial charge in [0, 0.05) is 12.2 Å². The maximum atomic E-state index is 5.76. The molecule has 0 fully saturated rings. The zero-order valence-corrected chi connectivity index (χ0v) is 9.72. The molecule has 0 saturated heterocycles. The van der Waals surface area contributed by atoms with Crippen LogP contribution < -0.4 is 5.73 Å². The number of rotatable bonds is 3. The van der Waals surface area contributed by atoms with Crippen LogP contribution in [0.15, 0.2) is 36.7 Å². The molecule has 3 heteroatoms. The molecule has 1 aromatic heterocycles. The summed E-state index contributed by atoms with van der Waals surface area (Å²) in [5.41, 5.74) is 9.27. The average molecular weight is 215 g/mol. The largest absolute Gasteiger partial charge is 0.328 e. The number of aryl methyl sites for hydroxylation is 1. The van der Waals surface area contributed by atoms with Crippen molar-refractivity contribution in [3.8, 4) is 5.69 Å². The molecule has 3 nitrogen and oxygen atoms in total. The zero-order chi connectivity index (χ0) is 11.5. The molecule has 1 aromatic carbocycles. The second kappa shape index (κ2) is 4.49. The predicted octanol–water partition coefficient (Wildman–Crippen LogP) is 2.07. The molecule has 1 heterocycles. The zero-order valence-electron chi connectivity index (χ0n) is 9.72. The summed E-state index contributed by atoms with van der Waals surface area (Å²) in [4.78, 5) is 0. The fraction of sp³-hybridized carbons (Fsp3) is 0.308. The van der Waals surface area contributed by atoms with E-state index in [4.69, 9.17) is 5.73 Å². The van der Waals surface area contributed by atoms with Crippen molar-refractivity contribution < 1.29 is 0 Å². The molecule has 16 heavy (non-hydrogen) atoms. The van der Waals surface area contributed by atoms with Gasteiger partial charge in [-0.1, -0.05) is 12.1 Å². The lowest BCUT2D eigenvalue weighted by Gasteiger charge is -2.02. The van der Waals surface area contributed by atoms with Crippen molar-refractivity contribution in [3.05, 3.63) is 47.8 Å². The van der Waals surface area contributed by atoms with Gasteiger partial charge in [0.25, 0.3) is 0 Å². The van der Waals surface area contributed by atoms with Crippen LogP contribution in [-0.4, -0.2) is 15.8 Å². The predicted molar refractivity (Wildman–Crippen MR) is 65.7 cm³/mol. The number of benzene rings is 1. The first-order valence-electron chi connectivity index (χ1n) is 5.51. The highest BCUT2D eigenvalue weighted by Gasteiger charge is 2.03. The Morgan fingerprint density at radius 2 is 2.25 bits per heavy atom. The molecule has 0 amide bonds. The summed E-state index contributed by atoms with van der Waals surface area (Å²) in [6, 6.07) is 8.46. The van der Waals surface area contributed by atoms with Crippen LogP contribution in [0.4, 0.5) is 0 Å². The molecular formula is C13H17N3. The first-order chi connectivity index (χ1) is 7.65. The summed E-state index contributed by atoms with van der Waals surface area (Å²) in [7, 11) is 0. The third-order valence-corrected chi connectivity index (χ3v) is 2.46. The summed E-state index contributed by atoms with van der Waals surface area (Å²) in [5.74, 6) is 0. The van der Waals surface area contributed by atoms with Crippen LogP contribution in [-0.2, 0) is 6.42 Å². The highest BCUT2D eigenvalue weighted by atomic mass is 15.3. The number of nitrogens with two attached hydrogens (primary N) is 1. The normalized spacial score (nSPS) is 12.7. The molecule has 2 rings (SSSR count). The van der Waals surface area contributed by atoms with E-state index < -0.39 is 0 Å². The molecule has 0 aliphatic heterocycles. The lowest BCUT2D eigenvalue weighted by Crippen LogP contribution is -2.17. The van der Waals surface area contributed by atoms with Crippen LogP contribution >= 0.6 is 0 Å². The van der Waals surface area contributed by atoms with Crippen molar-refractivity contribution in [2.24, 2.45) is 5.73 Å². The Kier molecular flexibility index (Phi) is 3.06. The summed E-state index contributed by atoms with van der Waals surface area (Å²) >= 11 is 0. The lowest BCUT2D eigenvalue weighted by atomic mass is 10.1. The maximum absolute atomic E-state index is 5.76. The smallest absolute Gasteiger partial charge is 0.0648 e. The van der Waals surface area contributed by atoms with E-state index in [1.54, 1.807) is 0 Å². The van der Waals surface area contributed by atoms with Crippen LogP contribution in [0.1, 0.15) is 18.1 Å². The third kappa shape index (κ3) is 2.49.